The molecule has 3 N–H and O–H groups in total. The standard InChI is InChI=1S/C15H23N3O2/c1-11(16)12-4-6-13(7-5-12)17-14(19)18-8-9-20-15(2,3)10-18/h4-7,11H,8-10,16H2,1-3H3,(H,17,19). The van der Waals surface area contributed by atoms with E-state index in [0.717, 1.165) is 11.3 Å². The molecule has 1 fully saturated rings. The van der Waals surface area contributed by atoms with E-state index in [1.54, 1.807) is 4.90 Å². The van der Waals surface area contributed by atoms with E-state index in [9.17, 15) is 4.79 Å². The van der Waals surface area contributed by atoms with Gasteiger partial charge in [0.2, 0.25) is 0 Å². The normalized spacial score (nSPS) is 19.5. The van der Waals surface area contributed by atoms with E-state index in [4.69, 9.17) is 10.5 Å². The lowest BCUT2D eigenvalue weighted by atomic mass is 10.1. The Morgan fingerprint density at radius 2 is 2.05 bits per heavy atom. The van der Waals surface area contributed by atoms with Gasteiger partial charge in [0, 0.05) is 18.3 Å². The number of amides is 2. The second-order valence-electron chi connectivity index (χ2n) is 5.87. The number of nitrogens with two attached hydrogens (primary N) is 1. The smallest absolute Gasteiger partial charge is 0.322 e. The first-order chi connectivity index (χ1) is 9.37. The number of nitrogens with one attached hydrogen (secondary N) is 1. The van der Waals surface area contributed by atoms with Crippen LogP contribution in [0.1, 0.15) is 32.4 Å². The van der Waals surface area contributed by atoms with Crippen LogP contribution in [0.15, 0.2) is 24.3 Å². The van der Waals surface area contributed by atoms with Crippen molar-refractivity contribution in [3.63, 3.8) is 0 Å². The molecule has 1 heterocycles. The molecule has 2 rings (SSSR count). The van der Waals surface area contributed by atoms with Crippen molar-refractivity contribution in [2.24, 2.45) is 5.73 Å². The Morgan fingerprint density at radius 3 is 2.60 bits per heavy atom. The fourth-order valence-corrected chi connectivity index (χ4v) is 2.26. The maximum Gasteiger partial charge on any atom is 0.322 e. The van der Waals surface area contributed by atoms with E-state index in [1.165, 1.54) is 0 Å². The molecule has 1 saturated heterocycles. The van der Waals surface area contributed by atoms with E-state index in [1.807, 2.05) is 45.0 Å². The summed E-state index contributed by atoms with van der Waals surface area (Å²) >= 11 is 0. The summed E-state index contributed by atoms with van der Waals surface area (Å²) in [7, 11) is 0. The van der Waals surface area contributed by atoms with Gasteiger partial charge in [-0.15, -0.1) is 0 Å². The third-order valence-electron chi connectivity index (χ3n) is 3.40. The van der Waals surface area contributed by atoms with Gasteiger partial charge in [0.1, 0.15) is 0 Å². The number of rotatable bonds is 2. The Morgan fingerprint density at radius 1 is 1.40 bits per heavy atom. The molecule has 5 nitrogen and oxygen atoms in total. The molecule has 1 aromatic rings. The Kier molecular flexibility index (Phi) is 4.30. The highest BCUT2D eigenvalue weighted by molar-refractivity contribution is 5.89. The molecule has 1 unspecified atom stereocenters. The van der Waals surface area contributed by atoms with Gasteiger partial charge in [0.25, 0.3) is 0 Å². The van der Waals surface area contributed by atoms with Crippen molar-refractivity contribution in [3.05, 3.63) is 29.8 Å². The monoisotopic (exact) mass is 277 g/mol. The summed E-state index contributed by atoms with van der Waals surface area (Å²) < 4.78 is 5.60. The van der Waals surface area contributed by atoms with Crippen LogP contribution in [0.2, 0.25) is 0 Å². The number of benzene rings is 1. The van der Waals surface area contributed by atoms with E-state index < -0.39 is 0 Å². The predicted molar refractivity (Wildman–Crippen MR) is 79.7 cm³/mol. The molecule has 110 valence electrons. The van der Waals surface area contributed by atoms with Gasteiger partial charge in [-0.1, -0.05) is 12.1 Å². The average molecular weight is 277 g/mol. The molecule has 1 aromatic carbocycles. The first kappa shape index (κ1) is 14.8. The number of urea groups is 1. The van der Waals surface area contributed by atoms with Crippen molar-refractivity contribution in [2.75, 3.05) is 25.0 Å². The molecular formula is C15H23N3O2. The predicted octanol–water partition coefficient (Wildman–Crippen LogP) is 2.35. The Bertz CT molecular complexity index is 469. The minimum Gasteiger partial charge on any atom is -0.372 e. The van der Waals surface area contributed by atoms with E-state index in [0.29, 0.717) is 19.7 Å². The lowest BCUT2D eigenvalue weighted by Gasteiger charge is -2.38. The van der Waals surface area contributed by atoms with Crippen LogP contribution >= 0.6 is 0 Å². The highest BCUT2D eigenvalue weighted by Crippen LogP contribution is 2.18. The third-order valence-corrected chi connectivity index (χ3v) is 3.40. The molecule has 0 saturated carbocycles. The first-order valence-electron chi connectivity index (χ1n) is 6.93. The minimum absolute atomic E-state index is 0.000191. The minimum atomic E-state index is -0.283. The van der Waals surface area contributed by atoms with E-state index in [2.05, 4.69) is 5.32 Å². The van der Waals surface area contributed by atoms with Crippen molar-refractivity contribution < 1.29 is 9.53 Å². The number of nitrogens with zero attached hydrogens (tertiary/aromatic N) is 1. The van der Waals surface area contributed by atoms with Gasteiger partial charge in [0.15, 0.2) is 0 Å². The number of ether oxygens (including phenoxy) is 1. The van der Waals surface area contributed by atoms with Gasteiger partial charge in [-0.25, -0.2) is 4.79 Å². The topological polar surface area (TPSA) is 67.6 Å². The molecule has 20 heavy (non-hydrogen) atoms. The molecule has 0 radical (unpaired) electrons. The quantitative estimate of drug-likeness (QED) is 0.872. The molecule has 0 bridgehead atoms. The Balaban J connectivity index is 1.97. The zero-order valence-corrected chi connectivity index (χ0v) is 12.3. The van der Waals surface area contributed by atoms with E-state index in [-0.39, 0.29) is 17.7 Å². The van der Waals surface area contributed by atoms with Crippen molar-refractivity contribution in [1.82, 2.24) is 4.90 Å². The fourth-order valence-electron chi connectivity index (χ4n) is 2.26. The van der Waals surface area contributed by atoms with Crippen molar-refractivity contribution in [3.8, 4) is 0 Å². The zero-order valence-electron chi connectivity index (χ0n) is 12.3. The Labute approximate surface area is 120 Å². The third kappa shape index (κ3) is 3.71. The highest BCUT2D eigenvalue weighted by Gasteiger charge is 2.29. The molecule has 5 heteroatoms. The highest BCUT2D eigenvalue weighted by atomic mass is 16.5. The van der Waals surface area contributed by atoms with Crippen molar-refractivity contribution >= 4 is 11.7 Å². The number of hydrogen-bond donors (Lipinski definition) is 2. The number of morpholine rings is 1. The number of carbonyl (C=O) groups excluding carboxylic acids is 1. The summed E-state index contributed by atoms with van der Waals surface area (Å²) in [4.78, 5) is 14.0. The van der Waals surface area contributed by atoms with Crippen LogP contribution in [0.4, 0.5) is 10.5 Å². The Hall–Kier alpha value is -1.59. The van der Waals surface area contributed by atoms with Gasteiger partial charge in [-0.2, -0.15) is 0 Å². The van der Waals surface area contributed by atoms with Crippen LogP contribution in [0, 0.1) is 0 Å². The molecular weight excluding hydrogens is 254 g/mol. The molecule has 1 aliphatic heterocycles. The molecule has 1 aliphatic rings. The number of hydrogen-bond acceptors (Lipinski definition) is 3. The fraction of sp³-hybridized carbons (Fsp3) is 0.533. The van der Waals surface area contributed by atoms with Gasteiger partial charge in [0.05, 0.1) is 18.8 Å². The molecule has 0 aromatic heterocycles. The molecule has 0 spiro atoms. The number of anilines is 1. The van der Waals surface area contributed by atoms with Gasteiger partial charge in [-0.3, -0.25) is 0 Å². The molecule has 0 aliphatic carbocycles. The number of carbonyl (C=O) groups is 1. The second kappa shape index (κ2) is 5.81. The maximum absolute atomic E-state index is 12.2. The summed E-state index contributed by atoms with van der Waals surface area (Å²) in [5.41, 5.74) is 7.35. The largest absolute Gasteiger partial charge is 0.372 e. The first-order valence-corrected chi connectivity index (χ1v) is 6.93. The van der Waals surface area contributed by atoms with Crippen molar-refractivity contribution in [1.29, 1.82) is 0 Å². The zero-order chi connectivity index (χ0) is 14.8. The van der Waals surface area contributed by atoms with Crippen LogP contribution in [-0.2, 0) is 4.74 Å². The summed E-state index contributed by atoms with van der Waals surface area (Å²) in [6.07, 6.45) is 0. The SMILES string of the molecule is CC(N)c1ccc(NC(=O)N2CCOC(C)(C)C2)cc1. The lowest BCUT2D eigenvalue weighted by Crippen LogP contribution is -2.51. The van der Waals surface area contributed by atoms with Crippen LogP contribution in [0.5, 0.6) is 0 Å². The summed E-state index contributed by atoms with van der Waals surface area (Å²) in [5.74, 6) is 0. The summed E-state index contributed by atoms with van der Waals surface area (Å²) in [5, 5.41) is 2.91. The van der Waals surface area contributed by atoms with E-state index >= 15 is 0 Å². The molecule has 2 amide bonds. The summed E-state index contributed by atoms with van der Waals surface area (Å²) in [6.45, 7) is 7.70. The second-order valence-corrected chi connectivity index (χ2v) is 5.87. The maximum atomic E-state index is 12.2. The van der Waals surface area contributed by atoms with Crippen LogP contribution in [0.3, 0.4) is 0 Å². The molecule has 1 atom stereocenters. The average Bonchev–Trinajstić information content (AvgIpc) is 2.38. The van der Waals surface area contributed by atoms with Gasteiger partial charge in [-0.05, 0) is 38.5 Å². The summed E-state index contributed by atoms with van der Waals surface area (Å²) in [6, 6.07) is 7.53. The van der Waals surface area contributed by atoms with Crippen LogP contribution in [-0.4, -0.2) is 36.2 Å². The van der Waals surface area contributed by atoms with Gasteiger partial charge < -0.3 is 20.7 Å². The van der Waals surface area contributed by atoms with Gasteiger partial charge >= 0.3 is 6.03 Å². The van der Waals surface area contributed by atoms with Crippen molar-refractivity contribution in [2.45, 2.75) is 32.4 Å². The van der Waals surface area contributed by atoms with Crippen LogP contribution < -0.4 is 11.1 Å². The lowest BCUT2D eigenvalue weighted by molar-refractivity contribution is -0.0720. The van der Waals surface area contributed by atoms with Crippen LogP contribution in [0.25, 0.3) is 0 Å².